The van der Waals surface area contributed by atoms with Crippen LogP contribution in [-0.2, 0) is 0 Å². The molecule has 0 fully saturated rings. The summed E-state index contributed by atoms with van der Waals surface area (Å²) in [5.41, 5.74) is 1.07. The van der Waals surface area contributed by atoms with E-state index in [9.17, 15) is 0 Å². The molecule has 3 nitrogen and oxygen atoms in total. The summed E-state index contributed by atoms with van der Waals surface area (Å²) in [7, 11) is 1.83. The lowest BCUT2D eigenvalue weighted by molar-refractivity contribution is 0.317. The highest BCUT2D eigenvalue weighted by Gasteiger charge is 2.20. The van der Waals surface area contributed by atoms with Crippen molar-refractivity contribution in [3.8, 4) is 0 Å². The quantitative estimate of drug-likeness (QED) is 0.114. The first-order valence-corrected chi connectivity index (χ1v) is 10.8. The van der Waals surface area contributed by atoms with Gasteiger partial charge in [0.15, 0.2) is 0 Å². The van der Waals surface area contributed by atoms with E-state index in [1.165, 1.54) is 70.6 Å². The fourth-order valence-corrected chi connectivity index (χ4v) is 3.25. The van der Waals surface area contributed by atoms with Crippen molar-refractivity contribution < 1.29 is 0 Å². The molecule has 0 aromatic heterocycles. The molecule has 0 aliphatic rings. The van der Waals surface area contributed by atoms with Crippen LogP contribution in [0.4, 0.5) is 0 Å². The van der Waals surface area contributed by atoms with Gasteiger partial charge in [0.05, 0.1) is 6.34 Å². The Hall–Kier alpha value is -1.64. The van der Waals surface area contributed by atoms with E-state index in [4.69, 9.17) is 0 Å². The Labute approximate surface area is 169 Å². The van der Waals surface area contributed by atoms with Crippen LogP contribution in [0.25, 0.3) is 0 Å². The largest absolute Gasteiger partial charge is 0.314 e. The summed E-state index contributed by atoms with van der Waals surface area (Å²) >= 11 is 0. The van der Waals surface area contributed by atoms with E-state index in [-0.39, 0.29) is 0 Å². The molecule has 0 aliphatic heterocycles. The maximum absolute atomic E-state index is 4.65. The minimum absolute atomic E-state index is 0.430. The van der Waals surface area contributed by atoms with Gasteiger partial charge in [0.1, 0.15) is 5.82 Å². The SMILES string of the molecule is C=C/C=N\C(=C(\C)C=C)N(/C=N\C)C(CCCCCC)CCCCCCC. The van der Waals surface area contributed by atoms with Crippen LogP contribution >= 0.6 is 0 Å². The van der Waals surface area contributed by atoms with Gasteiger partial charge < -0.3 is 4.90 Å². The minimum atomic E-state index is 0.430. The van der Waals surface area contributed by atoms with Gasteiger partial charge in [0.25, 0.3) is 0 Å². The molecule has 1 unspecified atom stereocenters. The highest BCUT2D eigenvalue weighted by Crippen LogP contribution is 2.23. The van der Waals surface area contributed by atoms with Gasteiger partial charge in [-0.05, 0) is 25.3 Å². The molecule has 1 atom stereocenters. The fraction of sp³-hybridized carbons (Fsp3) is 0.667. The first-order chi connectivity index (χ1) is 13.2. The zero-order valence-electron chi connectivity index (χ0n) is 18.4. The normalized spacial score (nSPS) is 13.8. The Kier molecular flexibility index (Phi) is 16.7. The first kappa shape index (κ1) is 25.4. The number of aliphatic imine (C=N–C) groups is 2. The molecule has 0 saturated carbocycles. The molecule has 0 heterocycles. The summed E-state index contributed by atoms with van der Waals surface area (Å²) < 4.78 is 0. The Morgan fingerprint density at radius 2 is 1.48 bits per heavy atom. The van der Waals surface area contributed by atoms with E-state index in [1.54, 1.807) is 12.3 Å². The van der Waals surface area contributed by atoms with E-state index in [2.05, 4.69) is 48.8 Å². The summed E-state index contributed by atoms with van der Waals surface area (Å²) in [6, 6.07) is 0.430. The van der Waals surface area contributed by atoms with Gasteiger partial charge in [-0.1, -0.05) is 96.9 Å². The lowest BCUT2D eigenvalue weighted by atomic mass is 9.99. The summed E-state index contributed by atoms with van der Waals surface area (Å²) in [6.45, 7) is 14.3. The molecule has 3 heteroatoms. The van der Waals surface area contributed by atoms with Gasteiger partial charge in [-0.25, -0.2) is 4.99 Å². The van der Waals surface area contributed by atoms with E-state index in [1.807, 2.05) is 19.5 Å². The molecule has 0 saturated heterocycles. The predicted molar refractivity (Wildman–Crippen MR) is 124 cm³/mol. The van der Waals surface area contributed by atoms with Crippen LogP contribution in [0, 0.1) is 0 Å². The molecule has 154 valence electrons. The van der Waals surface area contributed by atoms with Crippen LogP contribution in [0.2, 0.25) is 0 Å². The molecule has 0 bridgehead atoms. The Morgan fingerprint density at radius 1 is 0.926 bits per heavy atom. The summed E-state index contributed by atoms with van der Waals surface area (Å²) in [6.07, 6.45) is 21.3. The van der Waals surface area contributed by atoms with Crippen molar-refractivity contribution >= 4 is 12.6 Å². The summed E-state index contributed by atoms with van der Waals surface area (Å²) in [5, 5.41) is 0. The topological polar surface area (TPSA) is 28.0 Å². The Morgan fingerprint density at radius 3 is 1.96 bits per heavy atom. The first-order valence-electron chi connectivity index (χ1n) is 10.8. The highest BCUT2D eigenvalue weighted by atomic mass is 15.3. The second-order valence-corrected chi connectivity index (χ2v) is 7.21. The van der Waals surface area contributed by atoms with Crippen molar-refractivity contribution in [1.82, 2.24) is 4.90 Å². The molecule has 0 spiro atoms. The Balaban J connectivity index is 5.38. The van der Waals surface area contributed by atoms with Crippen molar-refractivity contribution in [3.63, 3.8) is 0 Å². The average molecular weight is 374 g/mol. The van der Waals surface area contributed by atoms with Crippen molar-refractivity contribution in [2.75, 3.05) is 7.05 Å². The third kappa shape index (κ3) is 11.6. The molecule has 0 N–H and O–H groups in total. The zero-order valence-corrected chi connectivity index (χ0v) is 18.4. The zero-order chi connectivity index (χ0) is 20.3. The highest BCUT2D eigenvalue weighted by molar-refractivity contribution is 5.72. The van der Waals surface area contributed by atoms with Crippen molar-refractivity contribution in [3.05, 3.63) is 36.7 Å². The molecule has 0 rings (SSSR count). The molecule has 0 radical (unpaired) electrons. The van der Waals surface area contributed by atoms with Gasteiger partial charge in [0, 0.05) is 19.3 Å². The smallest absolute Gasteiger partial charge is 0.136 e. The fourth-order valence-electron chi connectivity index (χ4n) is 3.25. The third-order valence-electron chi connectivity index (χ3n) is 4.87. The van der Waals surface area contributed by atoms with E-state index in [0.717, 1.165) is 11.4 Å². The van der Waals surface area contributed by atoms with Crippen LogP contribution in [-0.4, -0.2) is 30.5 Å². The maximum atomic E-state index is 4.65. The van der Waals surface area contributed by atoms with E-state index >= 15 is 0 Å². The molecular weight excluding hydrogens is 330 g/mol. The van der Waals surface area contributed by atoms with Crippen LogP contribution in [0.3, 0.4) is 0 Å². The van der Waals surface area contributed by atoms with Gasteiger partial charge in [-0.3, -0.25) is 4.99 Å². The maximum Gasteiger partial charge on any atom is 0.136 e. The minimum Gasteiger partial charge on any atom is -0.314 e. The van der Waals surface area contributed by atoms with Crippen molar-refractivity contribution in [2.24, 2.45) is 9.98 Å². The summed E-state index contributed by atoms with van der Waals surface area (Å²) in [4.78, 5) is 11.3. The van der Waals surface area contributed by atoms with Crippen LogP contribution in [0.1, 0.15) is 91.4 Å². The molecule has 0 aromatic carbocycles. The number of rotatable bonds is 17. The third-order valence-corrected chi connectivity index (χ3v) is 4.87. The van der Waals surface area contributed by atoms with E-state index in [0.29, 0.717) is 6.04 Å². The summed E-state index contributed by atoms with van der Waals surface area (Å²) in [5.74, 6) is 0.935. The number of nitrogens with zero attached hydrogens (tertiary/aromatic N) is 3. The number of hydrogen-bond acceptors (Lipinski definition) is 2. The lowest BCUT2D eigenvalue weighted by Gasteiger charge is -2.31. The van der Waals surface area contributed by atoms with Crippen molar-refractivity contribution in [2.45, 2.75) is 97.4 Å². The standard InChI is InChI=1S/C24H43N3/c1-7-11-13-15-17-19-23(18-16-14-12-8-2)27(21-25-6)24(22(5)10-4)26-20-9-3/h9-10,20-21,23H,3-4,7-8,11-19H2,1-2,5-6H3/b24-22+,25-21-,26-20-. The van der Waals surface area contributed by atoms with Gasteiger partial charge in [-0.2, -0.15) is 0 Å². The predicted octanol–water partition coefficient (Wildman–Crippen LogP) is 7.32. The van der Waals surface area contributed by atoms with Gasteiger partial charge >= 0.3 is 0 Å². The molecule has 0 aliphatic carbocycles. The van der Waals surface area contributed by atoms with Crippen molar-refractivity contribution in [1.29, 1.82) is 0 Å². The van der Waals surface area contributed by atoms with Crippen LogP contribution in [0.15, 0.2) is 46.7 Å². The molecule has 27 heavy (non-hydrogen) atoms. The van der Waals surface area contributed by atoms with Crippen LogP contribution < -0.4 is 0 Å². The molecule has 0 aromatic rings. The second kappa shape index (κ2) is 17.8. The Bertz CT molecular complexity index is 474. The van der Waals surface area contributed by atoms with E-state index < -0.39 is 0 Å². The molecule has 0 amide bonds. The van der Waals surface area contributed by atoms with Gasteiger partial charge in [0.2, 0.25) is 0 Å². The monoisotopic (exact) mass is 373 g/mol. The van der Waals surface area contributed by atoms with Crippen LogP contribution in [0.5, 0.6) is 0 Å². The lowest BCUT2D eigenvalue weighted by Crippen LogP contribution is -2.34. The number of unbranched alkanes of at least 4 members (excludes halogenated alkanes) is 7. The average Bonchev–Trinajstić information content (AvgIpc) is 2.68. The van der Waals surface area contributed by atoms with Gasteiger partial charge in [-0.15, -0.1) is 0 Å². The second-order valence-electron chi connectivity index (χ2n) is 7.21. The number of allylic oxidation sites excluding steroid dienone is 3. The molecular formula is C24H43N3. The number of hydrogen-bond donors (Lipinski definition) is 0.